The molecule has 20 heavy (non-hydrogen) atoms. The number of aromatic nitrogens is 1. The molecular weight excluding hydrogens is 250 g/mol. The van der Waals surface area contributed by atoms with Gasteiger partial charge in [-0.1, -0.05) is 18.2 Å². The van der Waals surface area contributed by atoms with Crippen LogP contribution in [0.5, 0.6) is 0 Å². The third kappa shape index (κ3) is 1.92. The average molecular weight is 265 g/mol. The van der Waals surface area contributed by atoms with Crippen LogP contribution >= 0.6 is 0 Å². The highest BCUT2D eigenvalue weighted by Gasteiger charge is 2.20. The minimum atomic E-state index is -0.00981. The molecule has 2 aromatic heterocycles. The highest BCUT2D eigenvalue weighted by Crippen LogP contribution is 2.24. The van der Waals surface area contributed by atoms with Crippen molar-refractivity contribution in [2.24, 2.45) is 0 Å². The second kappa shape index (κ2) is 4.60. The zero-order valence-electron chi connectivity index (χ0n) is 11.7. The fourth-order valence-electron chi connectivity index (χ4n) is 2.48. The van der Waals surface area contributed by atoms with Gasteiger partial charge in [0.15, 0.2) is 5.78 Å². The molecule has 0 amide bonds. The number of aryl methyl sites for hydroxylation is 2. The maximum Gasteiger partial charge on any atom is 0.196 e. The van der Waals surface area contributed by atoms with E-state index in [1.165, 1.54) is 0 Å². The topological polar surface area (TPSA) is 43.1 Å². The van der Waals surface area contributed by atoms with E-state index in [0.29, 0.717) is 16.9 Å². The van der Waals surface area contributed by atoms with Crippen molar-refractivity contribution in [1.82, 2.24) is 4.98 Å². The molecule has 3 nitrogen and oxygen atoms in total. The van der Waals surface area contributed by atoms with Crippen molar-refractivity contribution in [3.63, 3.8) is 0 Å². The van der Waals surface area contributed by atoms with Crippen molar-refractivity contribution in [2.75, 3.05) is 0 Å². The highest BCUT2D eigenvalue weighted by atomic mass is 16.3. The first-order valence-corrected chi connectivity index (χ1v) is 6.54. The molecule has 0 aliphatic heterocycles. The third-order valence-corrected chi connectivity index (χ3v) is 3.66. The predicted molar refractivity (Wildman–Crippen MR) is 78.1 cm³/mol. The first-order chi connectivity index (χ1) is 9.58. The number of ketones is 1. The summed E-state index contributed by atoms with van der Waals surface area (Å²) < 4.78 is 5.54. The quantitative estimate of drug-likeness (QED) is 0.658. The Balaban J connectivity index is 2.12. The van der Waals surface area contributed by atoms with Gasteiger partial charge in [-0.05, 0) is 32.9 Å². The van der Waals surface area contributed by atoms with Gasteiger partial charge in [0.2, 0.25) is 0 Å². The molecule has 0 aliphatic carbocycles. The van der Waals surface area contributed by atoms with Gasteiger partial charge in [-0.25, -0.2) is 0 Å². The maximum atomic E-state index is 12.7. The third-order valence-electron chi connectivity index (χ3n) is 3.66. The van der Waals surface area contributed by atoms with Crippen molar-refractivity contribution in [3.8, 4) is 0 Å². The lowest BCUT2D eigenvalue weighted by atomic mass is 9.99. The van der Waals surface area contributed by atoms with Crippen LogP contribution in [0.15, 0.2) is 40.9 Å². The normalized spacial score (nSPS) is 10.9. The Labute approximate surface area is 117 Å². The second-order valence-electron chi connectivity index (χ2n) is 4.95. The molecule has 0 N–H and O–H groups in total. The number of carbonyl (C=O) groups excluding carboxylic acids is 1. The monoisotopic (exact) mass is 265 g/mol. The Morgan fingerprint density at radius 1 is 1.10 bits per heavy atom. The molecule has 0 unspecified atom stereocenters. The Hall–Kier alpha value is -2.42. The largest absolute Gasteiger partial charge is 0.466 e. The SMILES string of the molecule is Cc1oc(C)c(C(=O)c2ccc3cccnc3c2)c1C. The standard InChI is InChI=1S/C17H15NO2/c1-10-11(2)20-12(3)16(10)17(19)14-7-6-13-5-4-8-18-15(13)9-14/h4-9H,1-3H3. The summed E-state index contributed by atoms with van der Waals surface area (Å²) in [6, 6.07) is 9.46. The fourth-order valence-corrected chi connectivity index (χ4v) is 2.48. The summed E-state index contributed by atoms with van der Waals surface area (Å²) in [6.07, 6.45) is 1.73. The van der Waals surface area contributed by atoms with Crippen LogP contribution in [-0.2, 0) is 0 Å². The van der Waals surface area contributed by atoms with Gasteiger partial charge in [0.1, 0.15) is 11.5 Å². The van der Waals surface area contributed by atoms with E-state index in [1.807, 2.05) is 51.1 Å². The fraction of sp³-hybridized carbons (Fsp3) is 0.176. The van der Waals surface area contributed by atoms with Crippen LogP contribution in [0, 0.1) is 20.8 Å². The van der Waals surface area contributed by atoms with Gasteiger partial charge in [0.05, 0.1) is 11.1 Å². The van der Waals surface area contributed by atoms with E-state index in [4.69, 9.17) is 4.42 Å². The van der Waals surface area contributed by atoms with Gasteiger partial charge in [0, 0.05) is 22.7 Å². The van der Waals surface area contributed by atoms with Crippen molar-refractivity contribution < 1.29 is 9.21 Å². The maximum absolute atomic E-state index is 12.7. The number of rotatable bonds is 2. The smallest absolute Gasteiger partial charge is 0.196 e. The first kappa shape index (κ1) is 12.6. The van der Waals surface area contributed by atoms with E-state index in [2.05, 4.69) is 4.98 Å². The number of fused-ring (bicyclic) bond motifs is 1. The van der Waals surface area contributed by atoms with Crippen molar-refractivity contribution in [2.45, 2.75) is 20.8 Å². The van der Waals surface area contributed by atoms with E-state index < -0.39 is 0 Å². The number of benzene rings is 1. The average Bonchev–Trinajstić information content (AvgIpc) is 2.71. The summed E-state index contributed by atoms with van der Waals surface area (Å²) in [5.74, 6) is 1.46. The van der Waals surface area contributed by atoms with Gasteiger partial charge >= 0.3 is 0 Å². The Morgan fingerprint density at radius 3 is 2.60 bits per heavy atom. The summed E-state index contributed by atoms with van der Waals surface area (Å²) >= 11 is 0. The van der Waals surface area contributed by atoms with Gasteiger partial charge in [0.25, 0.3) is 0 Å². The van der Waals surface area contributed by atoms with E-state index >= 15 is 0 Å². The molecule has 3 rings (SSSR count). The molecule has 0 saturated carbocycles. The number of nitrogens with zero attached hydrogens (tertiary/aromatic N) is 1. The molecule has 3 heteroatoms. The van der Waals surface area contributed by atoms with Gasteiger partial charge in [-0.3, -0.25) is 9.78 Å². The minimum absolute atomic E-state index is 0.00981. The molecule has 3 aromatic rings. The molecule has 0 spiro atoms. The summed E-state index contributed by atoms with van der Waals surface area (Å²) in [6.45, 7) is 5.62. The molecular formula is C17H15NO2. The number of furan rings is 1. The van der Waals surface area contributed by atoms with Crippen LogP contribution in [0.25, 0.3) is 10.9 Å². The number of pyridine rings is 1. The zero-order valence-corrected chi connectivity index (χ0v) is 11.7. The molecule has 1 aromatic carbocycles. The number of hydrogen-bond acceptors (Lipinski definition) is 3. The lowest BCUT2D eigenvalue weighted by Gasteiger charge is -2.03. The summed E-state index contributed by atoms with van der Waals surface area (Å²) in [5.41, 5.74) is 3.04. The summed E-state index contributed by atoms with van der Waals surface area (Å²) in [7, 11) is 0. The Kier molecular flexibility index (Phi) is 2.90. The highest BCUT2D eigenvalue weighted by molar-refractivity contribution is 6.11. The molecule has 0 radical (unpaired) electrons. The van der Waals surface area contributed by atoms with Gasteiger partial charge < -0.3 is 4.42 Å². The van der Waals surface area contributed by atoms with E-state index in [0.717, 1.165) is 22.2 Å². The van der Waals surface area contributed by atoms with Crippen LogP contribution in [0.2, 0.25) is 0 Å². The van der Waals surface area contributed by atoms with Gasteiger partial charge in [-0.2, -0.15) is 0 Å². The first-order valence-electron chi connectivity index (χ1n) is 6.54. The lowest BCUT2D eigenvalue weighted by molar-refractivity contribution is 0.103. The van der Waals surface area contributed by atoms with Crippen LogP contribution < -0.4 is 0 Å². The van der Waals surface area contributed by atoms with Crippen molar-refractivity contribution >= 4 is 16.7 Å². The number of hydrogen-bond donors (Lipinski definition) is 0. The van der Waals surface area contributed by atoms with E-state index in [1.54, 1.807) is 6.20 Å². The molecule has 2 heterocycles. The summed E-state index contributed by atoms with van der Waals surface area (Å²) in [4.78, 5) is 16.9. The minimum Gasteiger partial charge on any atom is -0.466 e. The molecule has 0 aliphatic rings. The Bertz CT molecular complexity index is 815. The van der Waals surface area contributed by atoms with Gasteiger partial charge in [-0.15, -0.1) is 0 Å². The van der Waals surface area contributed by atoms with E-state index in [9.17, 15) is 4.79 Å². The summed E-state index contributed by atoms with van der Waals surface area (Å²) in [5, 5.41) is 1.03. The Morgan fingerprint density at radius 2 is 1.90 bits per heavy atom. The molecule has 0 bridgehead atoms. The van der Waals surface area contributed by atoms with E-state index in [-0.39, 0.29) is 5.78 Å². The van der Waals surface area contributed by atoms with Crippen LogP contribution in [0.1, 0.15) is 33.0 Å². The van der Waals surface area contributed by atoms with Crippen LogP contribution in [0.4, 0.5) is 0 Å². The predicted octanol–water partition coefficient (Wildman–Crippen LogP) is 3.98. The molecule has 0 saturated heterocycles. The van der Waals surface area contributed by atoms with Crippen LogP contribution in [0.3, 0.4) is 0 Å². The lowest BCUT2D eigenvalue weighted by Crippen LogP contribution is -2.03. The molecule has 100 valence electrons. The molecule has 0 fully saturated rings. The zero-order chi connectivity index (χ0) is 14.3. The van der Waals surface area contributed by atoms with Crippen LogP contribution in [-0.4, -0.2) is 10.8 Å². The van der Waals surface area contributed by atoms with Crippen molar-refractivity contribution in [1.29, 1.82) is 0 Å². The van der Waals surface area contributed by atoms with Crippen molar-refractivity contribution in [3.05, 3.63) is 64.7 Å². The number of carbonyl (C=O) groups is 1. The molecule has 0 atom stereocenters. The second-order valence-corrected chi connectivity index (χ2v) is 4.95.